The highest BCUT2D eigenvalue weighted by Gasteiger charge is 2.33. The Labute approximate surface area is 159 Å². The van der Waals surface area contributed by atoms with E-state index in [1.54, 1.807) is 12.2 Å². The Balaban J connectivity index is 1.74. The maximum atomic E-state index is 10.5. The number of carboxylic acid groups (broad SMARTS) is 1. The van der Waals surface area contributed by atoms with E-state index in [9.17, 15) is 15.0 Å². The van der Waals surface area contributed by atoms with Gasteiger partial charge < -0.3 is 24.8 Å². The Morgan fingerprint density at radius 1 is 1.26 bits per heavy atom. The fourth-order valence-electron chi connectivity index (χ4n) is 2.95. The molecule has 1 aliphatic rings. The molecule has 1 aliphatic heterocycles. The van der Waals surface area contributed by atoms with Crippen molar-refractivity contribution in [3.05, 3.63) is 54.6 Å². The van der Waals surface area contributed by atoms with E-state index >= 15 is 0 Å². The molecule has 0 unspecified atom stereocenters. The summed E-state index contributed by atoms with van der Waals surface area (Å²) in [6, 6.07) is 9.28. The third kappa shape index (κ3) is 7.95. The summed E-state index contributed by atoms with van der Waals surface area (Å²) in [6.45, 7) is 0.422. The van der Waals surface area contributed by atoms with E-state index in [-0.39, 0.29) is 31.7 Å². The summed E-state index contributed by atoms with van der Waals surface area (Å²) in [4.78, 5) is 10.5. The molecular formula is C21H28O6. The predicted octanol–water partition coefficient (Wildman–Crippen LogP) is 2.56. The molecule has 0 bridgehead atoms. The van der Waals surface area contributed by atoms with Gasteiger partial charge in [-0.1, -0.05) is 42.5 Å². The number of benzene rings is 1. The van der Waals surface area contributed by atoms with Crippen LogP contribution in [0.2, 0.25) is 0 Å². The largest absolute Gasteiger partial charge is 0.491 e. The molecule has 0 saturated carbocycles. The van der Waals surface area contributed by atoms with Crippen LogP contribution < -0.4 is 4.74 Å². The minimum absolute atomic E-state index is 0.0485. The van der Waals surface area contributed by atoms with Crippen molar-refractivity contribution >= 4 is 5.97 Å². The van der Waals surface area contributed by atoms with Crippen molar-refractivity contribution in [1.29, 1.82) is 0 Å². The van der Waals surface area contributed by atoms with Crippen LogP contribution in [0.1, 0.15) is 25.7 Å². The van der Waals surface area contributed by atoms with Crippen molar-refractivity contribution in [3.8, 4) is 5.75 Å². The molecule has 0 aliphatic carbocycles. The SMILES string of the molecule is O=C(O)CC/C=C\CC[C@H]1[C@@H](O)CO[C@@H]1/C=C/[C@@H](O)COc1ccccc1. The topological polar surface area (TPSA) is 96.2 Å². The number of rotatable bonds is 11. The van der Waals surface area contributed by atoms with Gasteiger partial charge >= 0.3 is 5.97 Å². The van der Waals surface area contributed by atoms with E-state index in [2.05, 4.69) is 0 Å². The second kappa shape index (κ2) is 11.5. The summed E-state index contributed by atoms with van der Waals surface area (Å²) < 4.78 is 11.1. The second-order valence-corrected chi connectivity index (χ2v) is 6.59. The number of carboxylic acids is 1. The lowest BCUT2D eigenvalue weighted by Gasteiger charge is -2.17. The number of aliphatic carboxylic acids is 1. The molecule has 2 rings (SSSR count). The van der Waals surface area contributed by atoms with Crippen LogP contribution in [0.3, 0.4) is 0 Å². The van der Waals surface area contributed by atoms with Crippen LogP contribution in [0, 0.1) is 5.92 Å². The molecule has 148 valence electrons. The number of hydrogen-bond donors (Lipinski definition) is 3. The molecule has 0 amide bonds. The quantitative estimate of drug-likeness (QED) is 0.514. The zero-order chi connectivity index (χ0) is 19.5. The summed E-state index contributed by atoms with van der Waals surface area (Å²) >= 11 is 0. The van der Waals surface area contributed by atoms with Crippen molar-refractivity contribution in [2.75, 3.05) is 13.2 Å². The molecule has 0 spiro atoms. The third-order valence-corrected chi connectivity index (χ3v) is 4.42. The fraction of sp³-hybridized carbons (Fsp3) is 0.476. The first-order valence-corrected chi connectivity index (χ1v) is 9.27. The van der Waals surface area contributed by atoms with Gasteiger partial charge in [0.2, 0.25) is 0 Å². The van der Waals surface area contributed by atoms with E-state index in [1.165, 1.54) is 0 Å². The molecule has 1 heterocycles. The van der Waals surface area contributed by atoms with Crippen LogP contribution in [0.5, 0.6) is 5.75 Å². The molecule has 1 fully saturated rings. The van der Waals surface area contributed by atoms with Crippen LogP contribution in [0.15, 0.2) is 54.6 Å². The number of aliphatic hydroxyl groups is 2. The highest BCUT2D eigenvalue weighted by Crippen LogP contribution is 2.27. The average molecular weight is 376 g/mol. The van der Waals surface area contributed by atoms with Gasteiger partial charge in [-0.3, -0.25) is 4.79 Å². The molecule has 1 aromatic rings. The van der Waals surface area contributed by atoms with E-state index in [4.69, 9.17) is 14.6 Å². The third-order valence-electron chi connectivity index (χ3n) is 4.42. The van der Waals surface area contributed by atoms with Crippen molar-refractivity contribution in [1.82, 2.24) is 0 Å². The van der Waals surface area contributed by atoms with Gasteiger partial charge in [-0.2, -0.15) is 0 Å². The standard InChI is InChI=1S/C21H28O6/c22-16(14-26-17-8-4-3-5-9-17)12-13-20-18(19(23)15-27-20)10-6-1-2-7-11-21(24)25/h1-5,8-9,12-13,16,18-20,22-23H,6-7,10-11,14-15H2,(H,24,25)/b2-1-,13-12+/t16-,18+,19+,20-/m1/s1. The van der Waals surface area contributed by atoms with Crippen molar-refractivity contribution in [2.45, 2.75) is 44.0 Å². The van der Waals surface area contributed by atoms with Crippen molar-refractivity contribution in [2.24, 2.45) is 5.92 Å². The van der Waals surface area contributed by atoms with Gasteiger partial charge in [0, 0.05) is 12.3 Å². The Bertz CT molecular complexity index is 612. The van der Waals surface area contributed by atoms with Crippen LogP contribution in [0.4, 0.5) is 0 Å². The van der Waals surface area contributed by atoms with Gasteiger partial charge in [-0.15, -0.1) is 0 Å². The first-order chi connectivity index (χ1) is 13.1. The van der Waals surface area contributed by atoms with Crippen LogP contribution in [-0.4, -0.2) is 52.8 Å². The number of ether oxygens (including phenoxy) is 2. The van der Waals surface area contributed by atoms with Crippen LogP contribution >= 0.6 is 0 Å². The zero-order valence-electron chi connectivity index (χ0n) is 15.3. The molecular weight excluding hydrogens is 348 g/mol. The lowest BCUT2D eigenvalue weighted by atomic mass is 9.93. The summed E-state index contributed by atoms with van der Waals surface area (Å²) in [7, 11) is 0. The Hall–Kier alpha value is -2.15. The normalized spacial score (nSPS) is 23.9. The number of allylic oxidation sites excluding steroid dienone is 2. The lowest BCUT2D eigenvalue weighted by molar-refractivity contribution is -0.136. The maximum Gasteiger partial charge on any atom is 0.303 e. The van der Waals surface area contributed by atoms with Gasteiger partial charge in [0.1, 0.15) is 18.5 Å². The van der Waals surface area contributed by atoms with Gasteiger partial charge in [-0.05, 0) is 31.4 Å². The highest BCUT2D eigenvalue weighted by molar-refractivity contribution is 5.66. The Morgan fingerprint density at radius 3 is 2.74 bits per heavy atom. The number of hydrogen-bond acceptors (Lipinski definition) is 5. The minimum Gasteiger partial charge on any atom is -0.491 e. The molecule has 3 N–H and O–H groups in total. The lowest BCUT2D eigenvalue weighted by Crippen LogP contribution is -2.23. The second-order valence-electron chi connectivity index (χ2n) is 6.59. The Morgan fingerprint density at radius 2 is 2.00 bits per heavy atom. The van der Waals surface area contributed by atoms with E-state index in [1.807, 2.05) is 42.5 Å². The summed E-state index contributed by atoms with van der Waals surface area (Å²) in [5, 5.41) is 28.8. The van der Waals surface area contributed by atoms with Crippen LogP contribution in [0.25, 0.3) is 0 Å². The van der Waals surface area contributed by atoms with Gasteiger partial charge in [0.15, 0.2) is 0 Å². The molecule has 1 aromatic carbocycles. The monoisotopic (exact) mass is 376 g/mol. The molecule has 6 nitrogen and oxygen atoms in total. The number of para-hydroxylation sites is 1. The smallest absolute Gasteiger partial charge is 0.303 e. The van der Waals surface area contributed by atoms with Gasteiger partial charge in [0.05, 0.1) is 18.8 Å². The van der Waals surface area contributed by atoms with E-state index in [0.717, 1.165) is 12.8 Å². The molecule has 27 heavy (non-hydrogen) atoms. The predicted molar refractivity (Wildman–Crippen MR) is 102 cm³/mol. The summed E-state index contributed by atoms with van der Waals surface area (Å²) in [5.41, 5.74) is 0. The van der Waals surface area contributed by atoms with Crippen molar-refractivity contribution < 1.29 is 29.6 Å². The van der Waals surface area contributed by atoms with Crippen LogP contribution in [-0.2, 0) is 9.53 Å². The summed E-state index contributed by atoms with van der Waals surface area (Å²) in [6.07, 6.45) is 7.78. The fourth-order valence-corrected chi connectivity index (χ4v) is 2.95. The van der Waals surface area contributed by atoms with Crippen molar-refractivity contribution in [3.63, 3.8) is 0 Å². The van der Waals surface area contributed by atoms with Gasteiger partial charge in [-0.25, -0.2) is 0 Å². The molecule has 4 atom stereocenters. The molecule has 6 heteroatoms. The number of aliphatic hydroxyl groups excluding tert-OH is 2. The first kappa shape index (κ1) is 21.2. The van der Waals surface area contributed by atoms with Gasteiger partial charge in [0.25, 0.3) is 0 Å². The highest BCUT2D eigenvalue weighted by atomic mass is 16.5. The first-order valence-electron chi connectivity index (χ1n) is 9.27. The Kier molecular flexibility index (Phi) is 9.04. The van der Waals surface area contributed by atoms with E-state index < -0.39 is 18.2 Å². The zero-order valence-corrected chi connectivity index (χ0v) is 15.3. The number of carbonyl (C=O) groups is 1. The maximum absolute atomic E-state index is 10.5. The molecule has 1 saturated heterocycles. The summed E-state index contributed by atoms with van der Waals surface area (Å²) in [5.74, 6) is -0.156. The molecule has 0 radical (unpaired) electrons. The average Bonchev–Trinajstić information content (AvgIpc) is 3.01. The van der Waals surface area contributed by atoms with E-state index in [0.29, 0.717) is 12.2 Å². The minimum atomic E-state index is -0.806. The molecule has 0 aromatic heterocycles.